The number of aliphatic hydroxyl groups excluding tert-OH is 1. The molecule has 2 heterocycles. The van der Waals surface area contributed by atoms with Crippen molar-refractivity contribution in [1.29, 1.82) is 0 Å². The van der Waals surface area contributed by atoms with Gasteiger partial charge in [0, 0.05) is 0 Å². The lowest BCUT2D eigenvalue weighted by Gasteiger charge is -2.51. The Kier molecular flexibility index (Phi) is 19.1. The molecule has 10 atom stereocenters. The summed E-state index contributed by atoms with van der Waals surface area (Å²) in [5.74, 6) is -2.44. The molecule has 7 aromatic rings. The van der Waals surface area contributed by atoms with Gasteiger partial charge in [-0.3, -0.25) is 0 Å². The number of benzene rings is 7. The molecule has 0 radical (unpaired) electrons. The van der Waals surface area contributed by atoms with Gasteiger partial charge in [-0.15, -0.1) is 0 Å². The van der Waals surface area contributed by atoms with Gasteiger partial charge in [0.1, 0.15) is 42.7 Å². The number of rotatable bonds is 25. The monoisotopic (exact) mass is 988 g/mol. The molecule has 0 spiro atoms. The van der Waals surface area contributed by atoms with Gasteiger partial charge >= 0.3 is 5.97 Å². The molecule has 0 saturated carbocycles. The minimum absolute atomic E-state index is 0.0474. The van der Waals surface area contributed by atoms with Gasteiger partial charge < -0.3 is 57.6 Å². The Labute approximate surface area is 427 Å². The van der Waals surface area contributed by atoms with Gasteiger partial charge in [-0.05, 0) is 38.9 Å². The van der Waals surface area contributed by atoms with E-state index in [0.717, 1.165) is 38.9 Å². The molecule has 380 valence electrons. The Morgan fingerprint density at radius 3 is 1.15 bits per heavy atom. The van der Waals surface area contributed by atoms with Gasteiger partial charge in [0.15, 0.2) is 12.4 Å². The Bertz CT molecular complexity index is 2600. The maximum atomic E-state index is 12.7. The SMILES string of the molecule is OC[C@H]1OC(O)(OCc2ccccc2)[C@H](OCc2ccccc2)[C@@H](OCc2ccccc2)[C@@H]1O[C@@H]1O[C@H](COCc2ccccc2)[C@H](OCc2ccccc2)[C@H](OCc2ccccc2)[C@H]1OCc1ccccc1. The summed E-state index contributed by atoms with van der Waals surface area (Å²) >= 11 is 0. The van der Waals surface area contributed by atoms with Gasteiger partial charge in [0.25, 0.3) is 0 Å². The molecule has 0 bridgehead atoms. The summed E-state index contributed by atoms with van der Waals surface area (Å²) in [5, 5.41) is 24.1. The van der Waals surface area contributed by atoms with Crippen LogP contribution in [-0.4, -0.2) is 84.5 Å². The van der Waals surface area contributed by atoms with Gasteiger partial charge in [0.05, 0.1) is 59.5 Å². The van der Waals surface area contributed by atoms with Crippen molar-refractivity contribution in [2.75, 3.05) is 13.2 Å². The first-order chi connectivity index (χ1) is 36.0. The van der Waals surface area contributed by atoms with Crippen molar-refractivity contribution in [1.82, 2.24) is 0 Å². The summed E-state index contributed by atoms with van der Waals surface area (Å²) in [7, 11) is 0. The van der Waals surface area contributed by atoms with Crippen molar-refractivity contribution in [3.05, 3.63) is 251 Å². The van der Waals surface area contributed by atoms with Crippen LogP contribution in [0.1, 0.15) is 38.9 Å². The molecular formula is C61H64O12. The fraction of sp³-hybridized carbons (Fsp3) is 0.311. The van der Waals surface area contributed by atoms with E-state index in [1.54, 1.807) is 0 Å². The number of hydrogen-bond acceptors (Lipinski definition) is 12. The quantitative estimate of drug-likeness (QED) is 0.0529. The molecule has 2 saturated heterocycles. The van der Waals surface area contributed by atoms with Crippen molar-refractivity contribution >= 4 is 0 Å². The van der Waals surface area contributed by atoms with E-state index in [0.29, 0.717) is 6.61 Å². The molecule has 2 N–H and O–H groups in total. The van der Waals surface area contributed by atoms with Gasteiger partial charge in [0.2, 0.25) is 0 Å². The van der Waals surface area contributed by atoms with Crippen LogP contribution in [0, 0.1) is 0 Å². The molecule has 0 aromatic heterocycles. The Balaban J connectivity index is 1.11. The summed E-state index contributed by atoms with van der Waals surface area (Å²) in [4.78, 5) is 0. The first-order valence-electron chi connectivity index (χ1n) is 24.9. The lowest BCUT2D eigenvalue weighted by Crippen LogP contribution is -2.70. The van der Waals surface area contributed by atoms with Crippen molar-refractivity contribution in [2.24, 2.45) is 0 Å². The molecule has 12 nitrogen and oxygen atoms in total. The Morgan fingerprint density at radius 2 is 0.726 bits per heavy atom. The van der Waals surface area contributed by atoms with E-state index in [2.05, 4.69) is 0 Å². The smallest absolute Gasteiger partial charge is 0.311 e. The Hall–Kier alpha value is -5.94. The third kappa shape index (κ3) is 14.6. The highest BCUT2D eigenvalue weighted by molar-refractivity contribution is 5.19. The highest BCUT2D eigenvalue weighted by Gasteiger charge is 2.60. The minimum Gasteiger partial charge on any atom is -0.394 e. The molecule has 2 aliphatic rings. The van der Waals surface area contributed by atoms with E-state index in [1.165, 1.54) is 0 Å². The summed E-state index contributed by atoms with van der Waals surface area (Å²) in [6, 6.07) is 68.3. The molecule has 2 aliphatic heterocycles. The second kappa shape index (κ2) is 26.8. The average Bonchev–Trinajstić information content (AvgIpc) is 3.45. The molecule has 7 aromatic carbocycles. The molecule has 12 heteroatoms. The topological polar surface area (TPSA) is 133 Å². The largest absolute Gasteiger partial charge is 0.394 e. The lowest BCUT2D eigenvalue weighted by atomic mass is 9.95. The molecular weight excluding hydrogens is 925 g/mol. The van der Waals surface area contributed by atoms with Crippen LogP contribution in [0.2, 0.25) is 0 Å². The second-order valence-electron chi connectivity index (χ2n) is 18.2. The van der Waals surface area contributed by atoms with E-state index in [-0.39, 0.29) is 46.2 Å². The fourth-order valence-electron chi connectivity index (χ4n) is 9.05. The van der Waals surface area contributed by atoms with Gasteiger partial charge in [-0.1, -0.05) is 212 Å². The lowest BCUT2D eigenvalue weighted by molar-refractivity contribution is -0.469. The van der Waals surface area contributed by atoms with Gasteiger partial charge in [-0.25, -0.2) is 0 Å². The zero-order valence-corrected chi connectivity index (χ0v) is 40.7. The maximum absolute atomic E-state index is 12.7. The first-order valence-corrected chi connectivity index (χ1v) is 24.9. The van der Waals surface area contributed by atoms with Crippen LogP contribution in [-0.2, 0) is 93.6 Å². The van der Waals surface area contributed by atoms with Crippen molar-refractivity contribution in [3.63, 3.8) is 0 Å². The maximum Gasteiger partial charge on any atom is 0.311 e. The highest BCUT2D eigenvalue weighted by atomic mass is 16.9. The van der Waals surface area contributed by atoms with E-state index in [9.17, 15) is 10.2 Å². The predicted molar refractivity (Wildman–Crippen MR) is 273 cm³/mol. The predicted octanol–water partition coefficient (Wildman–Crippen LogP) is 9.49. The summed E-state index contributed by atoms with van der Waals surface area (Å²) < 4.78 is 68.2. The Morgan fingerprint density at radius 1 is 0.370 bits per heavy atom. The molecule has 0 aliphatic carbocycles. The van der Waals surface area contributed by atoms with Crippen LogP contribution in [0.5, 0.6) is 0 Å². The van der Waals surface area contributed by atoms with Gasteiger partial charge in [-0.2, -0.15) is 0 Å². The third-order valence-corrected chi connectivity index (χ3v) is 12.8. The summed E-state index contributed by atoms with van der Waals surface area (Å²) in [6.45, 7) is 0.476. The van der Waals surface area contributed by atoms with Crippen LogP contribution in [0.15, 0.2) is 212 Å². The average molecular weight is 989 g/mol. The molecule has 1 unspecified atom stereocenters. The molecule has 0 amide bonds. The highest BCUT2D eigenvalue weighted by Crippen LogP contribution is 2.40. The first kappa shape index (κ1) is 51.9. The van der Waals surface area contributed by atoms with Crippen LogP contribution in [0.3, 0.4) is 0 Å². The number of hydrogen-bond donors (Lipinski definition) is 2. The molecule has 2 fully saturated rings. The second-order valence-corrected chi connectivity index (χ2v) is 18.2. The van der Waals surface area contributed by atoms with Crippen molar-refractivity contribution < 1.29 is 57.6 Å². The van der Waals surface area contributed by atoms with Crippen LogP contribution >= 0.6 is 0 Å². The van der Waals surface area contributed by atoms with Crippen LogP contribution in [0.25, 0.3) is 0 Å². The van der Waals surface area contributed by atoms with E-state index in [4.69, 9.17) is 47.4 Å². The van der Waals surface area contributed by atoms with E-state index in [1.807, 2.05) is 212 Å². The van der Waals surface area contributed by atoms with E-state index < -0.39 is 67.7 Å². The zero-order chi connectivity index (χ0) is 49.9. The summed E-state index contributed by atoms with van der Waals surface area (Å²) in [5.41, 5.74) is 6.26. The van der Waals surface area contributed by atoms with Crippen molar-refractivity contribution in [2.45, 2.75) is 107 Å². The number of aliphatic hydroxyl groups is 2. The standard InChI is InChI=1S/C61H64O12/c62-36-52-55(57(67-40-48-28-14-4-15-29-48)59(69-42-50-32-18-6-19-33-50)61(63,73-52)70-43-51-34-20-7-21-35-51)72-60-58(68-41-49-30-16-5-17-31-49)56(66-39-47-26-12-3-13-27-47)54(65-38-46-24-10-2-11-25-46)53(71-60)44-64-37-45-22-8-1-9-23-45/h1-35,52-60,62-63H,36-44H2/t52-,53-,54+,55-,56+,57+,58-,59-,60+,61?/m1/s1. The zero-order valence-electron chi connectivity index (χ0n) is 40.7. The van der Waals surface area contributed by atoms with Crippen molar-refractivity contribution in [3.8, 4) is 0 Å². The molecule has 9 rings (SSSR count). The number of ether oxygens (including phenoxy) is 10. The van der Waals surface area contributed by atoms with Crippen LogP contribution < -0.4 is 0 Å². The van der Waals surface area contributed by atoms with E-state index >= 15 is 0 Å². The molecule has 73 heavy (non-hydrogen) atoms. The van der Waals surface area contributed by atoms with Crippen LogP contribution in [0.4, 0.5) is 0 Å². The normalized spacial score (nSPS) is 25.0. The third-order valence-electron chi connectivity index (χ3n) is 12.8. The fourth-order valence-corrected chi connectivity index (χ4v) is 9.05. The minimum atomic E-state index is -2.44. The summed E-state index contributed by atoms with van der Waals surface area (Å²) in [6.07, 6.45) is -9.49.